The summed E-state index contributed by atoms with van der Waals surface area (Å²) in [6.07, 6.45) is 0. The van der Waals surface area contributed by atoms with Gasteiger partial charge in [-0.2, -0.15) is 0 Å². The van der Waals surface area contributed by atoms with Gasteiger partial charge in [-0.15, -0.1) is 0 Å². The monoisotopic (exact) mass is 420 g/mol. The van der Waals surface area contributed by atoms with Gasteiger partial charge in [-0.05, 0) is 62.1 Å². The van der Waals surface area contributed by atoms with Gasteiger partial charge in [0.1, 0.15) is 0 Å². The number of benzene rings is 2. The minimum atomic E-state index is 0.279. The SMILES string of the molecule is Cc1cccc(N2CCN(CC(=O)N3CCN(c4cccc(C)c4C)CC3)CC2)c1C. The van der Waals surface area contributed by atoms with Crippen molar-refractivity contribution in [3.05, 3.63) is 58.7 Å². The summed E-state index contributed by atoms with van der Waals surface area (Å²) in [4.78, 5) is 22.2. The lowest BCUT2D eigenvalue weighted by atomic mass is 10.1. The molecule has 2 aromatic rings. The molecule has 2 aromatic carbocycles. The fourth-order valence-electron chi connectivity index (χ4n) is 4.79. The Morgan fingerprint density at radius 3 is 1.61 bits per heavy atom. The number of hydrogen-bond acceptors (Lipinski definition) is 4. The molecule has 2 heterocycles. The zero-order valence-electron chi connectivity index (χ0n) is 19.5. The van der Waals surface area contributed by atoms with Crippen molar-refractivity contribution in [2.45, 2.75) is 27.7 Å². The molecule has 0 bridgehead atoms. The number of amides is 1. The second-order valence-corrected chi connectivity index (χ2v) is 9.07. The van der Waals surface area contributed by atoms with Crippen LogP contribution in [0.4, 0.5) is 11.4 Å². The average Bonchev–Trinajstić information content (AvgIpc) is 2.78. The summed E-state index contributed by atoms with van der Waals surface area (Å²) in [5, 5.41) is 0. The van der Waals surface area contributed by atoms with Gasteiger partial charge < -0.3 is 14.7 Å². The maximum absolute atomic E-state index is 12.9. The summed E-state index contributed by atoms with van der Waals surface area (Å²) < 4.78 is 0. The molecule has 0 unspecified atom stereocenters. The molecule has 166 valence electrons. The summed E-state index contributed by atoms with van der Waals surface area (Å²) in [5.74, 6) is 0.279. The van der Waals surface area contributed by atoms with Crippen molar-refractivity contribution in [2.24, 2.45) is 0 Å². The molecule has 0 aliphatic carbocycles. The van der Waals surface area contributed by atoms with Gasteiger partial charge in [0, 0.05) is 63.7 Å². The Kier molecular flexibility index (Phi) is 6.51. The van der Waals surface area contributed by atoms with Gasteiger partial charge in [-0.3, -0.25) is 9.69 Å². The van der Waals surface area contributed by atoms with Gasteiger partial charge in [0.25, 0.3) is 0 Å². The fraction of sp³-hybridized carbons (Fsp3) is 0.500. The van der Waals surface area contributed by atoms with Crippen molar-refractivity contribution in [3.63, 3.8) is 0 Å². The molecule has 0 saturated carbocycles. The summed E-state index contributed by atoms with van der Waals surface area (Å²) in [6.45, 7) is 16.6. The minimum Gasteiger partial charge on any atom is -0.369 e. The Hall–Kier alpha value is -2.53. The number of nitrogens with zero attached hydrogens (tertiary/aromatic N) is 4. The summed E-state index contributed by atoms with van der Waals surface area (Å²) >= 11 is 0. The summed E-state index contributed by atoms with van der Waals surface area (Å²) in [5.41, 5.74) is 8.05. The van der Waals surface area contributed by atoms with E-state index in [-0.39, 0.29) is 5.91 Å². The van der Waals surface area contributed by atoms with E-state index in [1.165, 1.54) is 33.6 Å². The maximum atomic E-state index is 12.9. The van der Waals surface area contributed by atoms with Crippen molar-refractivity contribution >= 4 is 17.3 Å². The van der Waals surface area contributed by atoms with Gasteiger partial charge in [0.05, 0.1) is 6.54 Å². The van der Waals surface area contributed by atoms with E-state index < -0.39 is 0 Å². The van der Waals surface area contributed by atoms with Crippen molar-refractivity contribution in [2.75, 3.05) is 68.7 Å². The highest BCUT2D eigenvalue weighted by Crippen LogP contribution is 2.25. The number of carbonyl (C=O) groups excluding carboxylic acids is 1. The lowest BCUT2D eigenvalue weighted by molar-refractivity contribution is -0.132. The van der Waals surface area contributed by atoms with Crippen LogP contribution in [0, 0.1) is 27.7 Å². The first kappa shape index (κ1) is 21.7. The number of hydrogen-bond donors (Lipinski definition) is 0. The lowest BCUT2D eigenvalue weighted by Gasteiger charge is -2.40. The molecule has 4 rings (SSSR count). The van der Waals surface area contributed by atoms with Crippen molar-refractivity contribution in [1.82, 2.24) is 9.80 Å². The molecule has 2 aliphatic heterocycles. The average molecular weight is 421 g/mol. The summed E-state index contributed by atoms with van der Waals surface area (Å²) in [6, 6.07) is 13.0. The van der Waals surface area contributed by atoms with Gasteiger partial charge in [-0.25, -0.2) is 0 Å². The molecular formula is C26H36N4O. The molecule has 0 spiro atoms. The maximum Gasteiger partial charge on any atom is 0.236 e. The van der Waals surface area contributed by atoms with Crippen LogP contribution in [0.2, 0.25) is 0 Å². The van der Waals surface area contributed by atoms with E-state index >= 15 is 0 Å². The molecule has 5 nitrogen and oxygen atoms in total. The van der Waals surface area contributed by atoms with Crippen LogP contribution in [0.15, 0.2) is 36.4 Å². The van der Waals surface area contributed by atoms with Gasteiger partial charge in [0.2, 0.25) is 5.91 Å². The molecule has 0 N–H and O–H groups in total. The smallest absolute Gasteiger partial charge is 0.236 e. The van der Waals surface area contributed by atoms with Crippen LogP contribution in [0.25, 0.3) is 0 Å². The van der Waals surface area contributed by atoms with Crippen LogP contribution >= 0.6 is 0 Å². The highest BCUT2D eigenvalue weighted by Gasteiger charge is 2.26. The number of piperazine rings is 2. The Bertz CT molecular complexity index is 925. The zero-order valence-corrected chi connectivity index (χ0v) is 19.5. The van der Waals surface area contributed by atoms with Gasteiger partial charge >= 0.3 is 0 Å². The predicted octanol–water partition coefficient (Wildman–Crippen LogP) is 3.39. The standard InChI is InChI=1S/C26H36N4O/c1-20-7-5-9-24(22(20)3)28-13-11-27(12-14-28)19-26(31)30-17-15-29(16-18-30)25-10-6-8-21(2)23(25)4/h5-10H,11-19H2,1-4H3. The van der Waals surface area contributed by atoms with Gasteiger partial charge in [0.15, 0.2) is 0 Å². The third-order valence-electron chi connectivity index (χ3n) is 7.20. The highest BCUT2D eigenvalue weighted by atomic mass is 16.2. The van der Waals surface area contributed by atoms with Gasteiger partial charge in [-0.1, -0.05) is 24.3 Å². The molecule has 1 amide bonds. The molecule has 2 saturated heterocycles. The van der Waals surface area contributed by atoms with E-state index in [4.69, 9.17) is 0 Å². The van der Waals surface area contributed by atoms with E-state index in [2.05, 4.69) is 83.7 Å². The predicted molar refractivity (Wildman–Crippen MR) is 129 cm³/mol. The van der Waals surface area contributed by atoms with E-state index in [0.29, 0.717) is 6.54 Å². The van der Waals surface area contributed by atoms with Crippen LogP contribution in [0.5, 0.6) is 0 Å². The number of anilines is 2. The van der Waals surface area contributed by atoms with Crippen LogP contribution in [0.3, 0.4) is 0 Å². The Labute approximate surface area is 187 Å². The van der Waals surface area contributed by atoms with Crippen molar-refractivity contribution in [3.8, 4) is 0 Å². The lowest BCUT2D eigenvalue weighted by Crippen LogP contribution is -2.54. The van der Waals surface area contributed by atoms with Crippen LogP contribution in [-0.2, 0) is 4.79 Å². The van der Waals surface area contributed by atoms with E-state index in [9.17, 15) is 4.79 Å². The second-order valence-electron chi connectivity index (χ2n) is 9.07. The molecular weight excluding hydrogens is 384 g/mol. The first-order chi connectivity index (χ1) is 14.9. The third-order valence-corrected chi connectivity index (χ3v) is 7.20. The van der Waals surface area contributed by atoms with Crippen LogP contribution < -0.4 is 9.80 Å². The largest absolute Gasteiger partial charge is 0.369 e. The highest BCUT2D eigenvalue weighted by molar-refractivity contribution is 5.78. The van der Waals surface area contributed by atoms with E-state index in [1.54, 1.807) is 0 Å². The molecule has 2 aliphatic rings. The molecule has 0 aromatic heterocycles. The van der Waals surface area contributed by atoms with Crippen molar-refractivity contribution < 1.29 is 4.79 Å². The second kappa shape index (κ2) is 9.31. The molecule has 5 heteroatoms. The molecule has 0 radical (unpaired) electrons. The topological polar surface area (TPSA) is 30.0 Å². The van der Waals surface area contributed by atoms with Crippen LogP contribution in [-0.4, -0.2) is 74.6 Å². The molecule has 0 atom stereocenters. The normalized spacial score (nSPS) is 17.9. The Balaban J connectivity index is 1.26. The number of carbonyl (C=O) groups is 1. The first-order valence-electron chi connectivity index (χ1n) is 11.6. The number of rotatable bonds is 4. The molecule has 2 fully saturated rings. The van der Waals surface area contributed by atoms with E-state index in [1.807, 2.05) is 0 Å². The van der Waals surface area contributed by atoms with Crippen molar-refractivity contribution in [1.29, 1.82) is 0 Å². The first-order valence-corrected chi connectivity index (χ1v) is 11.6. The number of aryl methyl sites for hydroxylation is 2. The minimum absolute atomic E-state index is 0.279. The van der Waals surface area contributed by atoms with E-state index in [0.717, 1.165) is 52.4 Å². The fourth-order valence-corrected chi connectivity index (χ4v) is 4.79. The Morgan fingerprint density at radius 1 is 0.677 bits per heavy atom. The third kappa shape index (κ3) is 4.72. The zero-order chi connectivity index (χ0) is 22.0. The quantitative estimate of drug-likeness (QED) is 0.759. The van der Waals surface area contributed by atoms with Crippen LogP contribution in [0.1, 0.15) is 22.3 Å². The molecule has 31 heavy (non-hydrogen) atoms. The Morgan fingerprint density at radius 2 is 1.13 bits per heavy atom. The summed E-state index contributed by atoms with van der Waals surface area (Å²) in [7, 11) is 0.